The molecule has 0 aliphatic heterocycles. The first kappa shape index (κ1) is 18.6. The van der Waals surface area contributed by atoms with Crippen LogP contribution in [-0.4, -0.2) is 14.9 Å². The highest BCUT2D eigenvalue weighted by Crippen LogP contribution is 2.36. The Bertz CT molecular complexity index is 952. The number of nitrogens with one attached hydrogen (secondary N) is 1. The highest BCUT2D eigenvalue weighted by molar-refractivity contribution is 6.31. The van der Waals surface area contributed by atoms with Gasteiger partial charge in [0.15, 0.2) is 0 Å². The summed E-state index contributed by atoms with van der Waals surface area (Å²) in [6.45, 7) is 5.77. The maximum atomic E-state index is 11.6. The van der Waals surface area contributed by atoms with E-state index in [4.69, 9.17) is 16.3 Å². The Balaban J connectivity index is 1.97. The van der Waals surface area contributed by atoms with E-state index in [2.05, 4.69) is 15.3 Å². The van der Waals surface area contributed by atoms with Gasteiger partial charge < -0.3 is 10.1 Å². The van der Waals surface area contributed by atoms with Gasteiger partial charge in [-0.15, -0.1) is 0 Å². The topological polar surface area (TPSA) is 90.2 Å². The number of nitrogens with zero attached hydrogens (tertiary/aromatic N) is 3. The van der Waals surface area contributed by atoms with Crippen molar-refractivity contribution in [3.8, 4) is 11.6 Å². The van der Waals surface area contributed by atoms with Crippen LogP contribution in [0.2, 0.25) is 5.02 Å². The minimum atomic E-state index is -0.568. The number of aromatic nitrogens is 2. The maximum absolute atomic E-state index is 11.6. The second-order valence-corrected chi connectivity index (χ2v) is 6.48. The molecule has 0 saturated carbocycles. The molecule has 0 saturated heterocycles. The summed E-state index contributed by atoms with van der Waals surface area (Å²) < 4.78 is 5.64. The molecule has 3 aromatic rings. The summed E-state index contributed by atoms with van der Waals surface area (Å²) in [5, 5.41) is 15.2. The normalized spacial score (nSPS) is 10.5. The van der Waals surface area contributed by atoms with Gasteiger partial charge in [0.25, 0.3) is 0 Å². The third-order valence-corrected chi connectivity index (χ3v) is 4.51. The van der Waals surface area contributed by atoms with Gasteiger partial charge in [0.1, 0.15) is 12.1 Å². The fourth-order valence-corrected chi connectivity index (χ4v) is 2.56. The van der Waals surface area contributed by atoms with Crippen LogP contribution in [0.5, 0.6) is 11.6 Å². The zero-order valence-corrected chi connectivity index (χ0v) is 15.7. The summed E-state index contributed by atoms with van der Waals surface area (Å²) in [5.41, 5.74) is 3.32. The van der Waals surface area contributed by atoms with Crippen LogP contribution in [0.3, 0.4) is 0 Å². The van der Waals surface area contributed by atoms with E-state index < -0.39 is 4.92 Å². The molecule has 0 bridgehead atoms. The molecule has 1 aromatic heterocycles. The van der Waals surface area contributed by atoms with Gasteiger partial charge in [-0.05, 0) is 67.8 Å². The van der Waals surface area contributed by atoms with Crippen molar-refractivity contribution in [3.05, 3.63) is 74.6 Å². The number of hydrogen-bond acceptors (Lipinski definition) is 6. The molecule has 0 spiro atoms. The lowest BCUT2D eigenvalue weighted by molar-refractivity contribution is -0.385. The largest absolute Gasteiger partial charge is 0.434 e. The number of nitro groups is 1. The van der Waals surface area contributed by atoms with Crippen LogP contribution in [0.25, 0.3) is 0 Å². The molecule has 27 heavy (non-hydrogen) atoms. The summed E-state index contributed by atoms with van der Waals surface area (Å²) in [5.74, 6) is 0.304. The number of aryl methyl sites for hydroxylation is 3. The Hall–Kier alpha value is -3.19. The highest BCUT2D eigenvalue weighted by atomic mass is 35.5. The molecule has 0 aliphatic carbocycles. The molecule has 0 radical (unpaired) electrons. The van der Waals surface area contributed by atoms with E-state index >= 15 is 0 Å². The zero-order valence-electron chi connectivity index (χ0n) is 15.0. The molecular formula is C19H17ClN4O3. The molecule has 7 nitrogen and oxygen atoms in total. The summed E-state index contributed by atoms with van der Waals surface area (Å²) in [7, 11) is 0. The number of ether oxygens (including phenoxy) is 1. The van der Waals surface area contributed by atoms with E-state index in [1.54, 1.807) is 18.2 Å². The number of anilines is 2. The summed E-state index contributed by atoms with van der Waals surface area (Å²) in [4.78, 5) is 19.0. The monoisotopic (exact) mass is 384 g/mol. The predicted molar refractivity (Wildman–Crippen MR) is 104 cm³/mol. The average molecular weight is 385 g/mol. The van der Waals surface area contributed by atoms with Gasteiger partial charge in [-0.1, -0.05) is 17.7 Å². The fraction of sp³-hybridized carbons (Fsp3) is 0.158. The van der Waals surface area contributed by atoms with Crippen LogP contribution < -0.4 is 10.1 Å². The van der Waals surface area contributed by atoms with Crippen molar-refractivity contribution in [2.24, 2.45) is 0 Å². The lowest BCUT2D eigenvalue weighted by Crippen LogP contribution is -2.04. The van der Waals surface area contributed by atoms with Crippen molar-refractivity contribution >= 4 is 28.8 Å². The minimum Gasteiger partial charge on any atom is -0.434 e. The van der Waals surface area contributed by atoms with E-state index in [1.807, 2.05) is 39.0 Å². The Morgan fingerprint density at radius 3 is 2.48 bits per heavy atom. The number of hydrogen-bond donors (Lipinski definition) is 1. The lowest BCUT2D eigenvalue weighted by atomic mass is 10.1. The Kier molecular flexibility index (Phi) is 5.23. The second-order valence-electron chi connectivity index (χ2n) is 6.07. The molecule has 2 aromatic carbocycles. The quantitative estimate of drug-likeness (QED) is 0.461. The van der Waals surface area contributed by atoms with Crippen molar-refractivity contribution in [3.63, 3.8) is 0 Å². The van der Waals surface area contributed by atoms with Gasteiger partial charge in [-0.25, -0.2) is 4.98 Å². The molecule has 1 heterocycles. The van der Waals surface area contributed by atoms with Crippen molar-refractivity contribution in [1.29, 1.82) is 0 Å². The lowest BCUT2D eigenvalue weighted by Gasteiger charge is -2.11. The molecule has 0 amide bonds. The van der Waals surface area contributed by atoms with Crippen LogP contribution in [0.1, 0.15) is 16.7 Å². The third-order valence-electron chi connectivity index (χ3n) is 4.08. The van der Waals surface area contributed by atoms with Crippen molar-refractivity contribution in [2.45, 2.75) is 20.8 Å². The van der Waals surface area contributed by atoms with Gasteiger partial charge in [0, 0.05) is 10.7 Å². The molecule has 0 fully saturated rings. The Morgan fingerprint density at radius 2 is 1.81 bits per heavy atom. The fourth-order valence-electron chi connectivity index (χ4n) is 2.44. The van der Waals surface area contributed by atoms with Crippen LogP contribution in [0.15, 0.2) is 42.7 Å². The van der Waals surface area contributed by atoms with Crippen molar-refractivity contribution < 1.29 is 9.66 Å². The van der Waals surface area contributed by atoms with E-state index in [0.29, 0.717) is 16.5 Å². The van der Waals surface area contributed by atoms with Crippen molar-refractivity contribution in [1.82, 2.24) is 9.97 Å². The van der Waals surface area contributed by atoms with Crippen LogP contribution in [0, 0.1) is 30.9 Å². The smallest absolute Gasteiger partial charge is 0.373 e. The molecule has 0 unspecified atom stereocenters. The van der Waals surface area contributed by atoms with E-state index in [0.717, 1.165) is 16.7 Å². The first-order valence-corrected chi connectivity index (χ1v) is 8.50. The highest BCUT2D eigenvalue weighted by Gasteiger charge is 2.25. The van der Waals surface area contributed by atoms with Crippen LogP contribution in [-0.2, 0) is 0 Å². The third kappa shape index (κ3) is 4.15. The van der Waals surface area contributed by atoms with Gasteiger partial charge in [0.2, 0.25) is 5.82 Å². The van der Waals surface area contributed by atoms with E-state index in [-0.39, 0.29) is 17.4 Å². The van der Waals surface area contributed by atoms with Crippen molar-refractivity contribution in [2.75, 3.05) is 5.32 Å². The van der Waals surface area contributed by atoms with E-state index in [9.17, 15) is 10.1 Å². The summed E-state index contributed by atoms with van der Waals surface area (Å²) >= 11 is 6.01. The zero-order chi connectivity index (χ0) is 19.6. The minimum absolute atomic E-state index is 0.0546. The number of rotatable bonds is 5. The molecule has 8 heteroatoms. The molecule has 0 aliphatic rings. The van der Waals surface area contributed by atoms with Crippen LogP contribution >= 0.6 is 11.6 Å². The molecule has 3 rings (SSSR count). The maximum Gasteiger partial charge on any atom is 0.373 e. The number of benzene rings is 2. The SMILES string of the molecule is Cc1ccc(Nc2ncnc(Oc3ccc(Cl)c(C)c3)c2[N+](=O)[O-])cc1C. The first-order chi connectivity index (χ1) is 12.8. The van der Waals surface area contributed by atoms with E-state index in [1.165, 1.54) is 6.33 Å². The average Bonchev–Trinajstić information content (AvgIpc) is 2.61. The van der Waals surface area contributed by atoms with Gasteiger partial charge in [-0.2, -0.15) is 4.98 Å². The Labute approximate surface area is 161 Å². The predicted octanol–water partition coefficient (Wildman–Crippen LogP) is 5.50. The standard InChI is InChI=1S/C19H17ClN4O3/c1-11-4-5-14(8-12(11)2)23-18-17(24(25)26)19(22-10-21-18)27-15-6-7-16(20)13(3)9-15/h4-10H,1-3H3,(H,21,22,23). The van der Waals surface area contributed by atoms with Crippen LogP contribution in [0.4, 0.5) is 17.2 Å². The first-order valence-electron chi connectivity index (χ1n) is 8.13. The van der Waals surface area contributed by atoms with Gasteiger partial charge >= 0.3 is 11.6 Å². The summed E-state index contributed by atoms with van der Waals surface area (Å²) in [6.07, 6.45) is 1.22. The molecule has 0 atom stereocenters. The van der Waals surface area contributed by atoms with Gasteiger partial charge in [0.05, 0.1) is 4.92 Å². The molecule has 138 valence electrons. The Morgan fingerprint density at radius 1 is 1.04 bits per heavy atom. The van der Waals surface area contributed by atoms with Gasteiger partial charge in [-0.3, -0.25) is 10.1 Å². The second kappa shape index (κ2) is 7.59. The summed E-state index contributed by atoms with van der Waals surface area (Å²) in [6, 6.07) is 10.6. The molecule has 1 N–H and O–H groups in total. The molecular weight excluding hydrogens is 368 g/mol. The number of halogens is 1.